The van der Waals surface area contributed by atoms with Crippen molar-refractivity contribution in [3.63, 3.8) is 0 Å². The van der Waals surface area contributed by atoms with Gasteiger partial charge < -0.3 is 4.57 Å². The highest BCUT2D eigenvalue weighted by atomic mass is 32.2. The van der Waals surface area contributed by atoms with E-state index in [4.69, 9.17) is 0 Å². The number of imidazole rings is 1. The number of rotatable bonds is 4. The number of aromatic nitrogens is 2. The normalized spacial score (nSPS) is 13.1. The highest BCUT2D eigenvalue weighted by molar-refractivity contribution is 7.92. The molecule has 0 saturated carbocycles. The first kappa shape index (κ1) is 21.2. The second kappa shape index (κ2) is 8.37. The second-order valence-electron chi connectivity index (χ2n) is 8.34. The van der Waals surface area contributed by atoms with Crippen LogP contribution in [0.5, 0.6) is 0 Å². The molecule has 0 spiro atoms. The van der Waals surface area contributed by atoms with Crippen LogP contribution >= 0.6 is 0 Å². The van der Waals surface area contributed by atoms with Crippen molar-refractivity contribution in [1.29, 1.82) is 0 Å². The number of nitrogens with one attached hydrogen (secondary N) is 1. The van der Waals surface area contributed by atoms with Gasteiger partial charge in [-0.25, -0.2) is 4.98 Å². The Morgan fingerprint density at radius 2 is 1.55 bits per heavy atom. The maximum absolute atomic E-state index is 12.8. The Hall–Kier alpha value is -3.64. The summed E-state index contributed by atoms with van der Waals surface area (Å²) in [5.41, 5.74) is 7.66. The Bertz CT molecular complexity index is 1410. The molecule has 1 aromatic heterocycles. The van der Waals surface area contributed by atoms with E-state index in [1.165, 1.54) is 28.5 Å². The smallest absolute Gasteiger partial charge is 0.280 e. The third-order valence-corrected chi connectivity index (χ3v) is 7.34. The average Bonchev–Trinajstić information content (AvgIpc) is 3.07. The Balaban J connectivity index is 1.55. The number of nitrogens with zero attached hydrogens (tertiary/aromatic N) is 2. The van der Waals surface area contributed by atoms with Gasteiger partial charge in [-0.1, -0.05) is 60.7 Å². The van der Waals surface area contributed by atoms with Gasteiger partial charge >= 0.3 is 0 Å². The van der Waals surface area contributed by atoms with E-state index in [0.29, 0.717) is 11.5 Å². The van der Waals surface area contributed by atoms with Crippen molar-refractivity contribution in [2.45, 2.75) is 24.8 Å². The molecule has 0 radical (unpaired) electrons. The SMILES string of the molecule is Cc1nc(S(=O)(=O)Nc2cccc(C=C3c4ccccc4CCc4ccccc43)c2)cn1C. The van der Waals surface area contributed by atoms with Crippen LogP contribution < -0.4 is 4.72 Å². The van der Waals surface area contributed by atoms with Crippen molar-refractivity contribution in [2.75, 3.05) is 4.72 Å². The standard InChI is InChI=1S/C27H25N3O2S/c1-19-28-27(18-30(19)2)33(31,32)29-23-11-7-8-20(16-23)17-26-24-12-5-3-9-21(24)14-15-22-10-4-6-13-25(22)26/h3-13,16-18,29H,14-15H2,1-2H3. The summed E-state index contributed by atoms with van der Waals surface area (Å²) in [6, 6.07) is 24.5. The van der Waals surface area contributed by atoms with Crippen molar-refractivity contribution in [2.24, 2.45) is 7.05 Å². The highest BCUT2D eigenvalue weighted by Crippen LogP contribution is 2.35. The lowest BCUT2D eigenvalue weighted by molar-refractivity contribution is 0.598. The number of sulfonamides is 1. The monoisotopic (exact) mass is 455 g/mol. The molecule has 166 valence electrons. The lowest BCUT2D eigenvalue weighted by Gasteiger charge is -2.13. The topological polar surface area (TPSA) is 64.0 Å². The molecule has 33 heavy (non-hydrogen) atoms. The van der Waals surface area contributed by atoms with Gasteiger partial charge in [0.25, 0.3) is 10.0 Å². The van der Waals surface area contributed by atoms with E-state index in [-0.39, 0.29) is 5.03 Å². The fourth-order valence-corrected chi connectivity index (χ4v) is 5.38. The molecule has 5 nitrogen and oxygen atoms in total. The van der Waals surface area contributed by atoms with Gasteiger partial charge in [-0.05, 0) is 71.4 Å². The zero-order valence-electron chi connectivity index (χ0n) is 18.6. The van der Waals surface area contributed by atoms with Gasteiger partial charge in [0.05, 0.1) is 0 Å². The third kappa shape index (κ3) is 4.22. The first-order valence-corrected chi connectivity index (χ1v) is 12.4. The average molecular weight is 456 g/mol. The number of hydrogen-bond acceptors (Lipinski definition) is 3. The molecule has 5 rings (SSSR count). The van der Waals surface area contributed by atoms with Crippen LogP contribution in [0.1, 0.15) is 33.6 Å². The molecule has 1 N–H and O–H groups in total. The lowest BCUT2D eigenvalue weighted by Crippen LogP contribution is -2.13. The molecule has 0 amide bonds. The molecule has 0 unspecified atom stereocenters. The van der Waals surface area contributed by atoms with E-state index in [2.05, 4.69) is 64.3 Å². The summed E-state index contributed by atoms with van der Waals surface area (Å²) < 4.78 is 30.0. The second-order valence-corrected chi connectivity index (χ2v) is 9.97. The van der Waals surface area contributed by atoms with Crippen molar-refractivity contribution >= 4 is 27.4 Å². The molecular weight excluding hydrogens is 430 g/mol. The van der Waals surface area contributed by atoms with Crippen molar-refractivity contribution in [1.82, 2.24) is 9.55 Å². The van der Waals surface area contributed by atoms with Crippen LogP contribution in [0.25, 0.3) is 11.6 Å². The number of fused-ring (bicyclic) bond motifs is 2. The van der Waals surface area contributed by atoms with Crippen molar-refractivity contribution in [3.05, 3.63) is 113 Å². The van der Waals surface area contributed by atoms with E-state index in [9.17, 15) is 8.42 Å². The van der Waals surface area contributed by atoms with E-state index in [1.807, 2.05) is 18.2 Å². The zero-order chi connectivity index (χ0) is 23.0. The predicted molar refractivity (Wildman–Crippen MR) is 132 cm³/mol. The van der Waals surface area contributed by atoms with Crippen LogP contribution in [0.4, 0.5) is 5.69 Å². The molecular formula is C27H25N3O2S. The third-order valence-electron chi connectivity index (χ3n) is 6.09. The molecule has 1 aliphatic rings. The van der Waals surface area contributed by atoms with Gasteiger partial charge in [0, 0.05) is 18.9 Å². The summed E-state index contributed by atoms with van der Waals surface area (Å²) in [5, 5.41) is 0.0119. The fraction of sp³-hybridized carbons (Fsp3) is 0.148. The number of aryl methyl sites for hydroxylation is 4. The predicted octanol–water partition coefficient (Wildman–Crippen LogP) is 5.22. The van der Waals surface area contributed by atoms with Crippen LogP contribution in [-0.2, 0) is 29.9 Å². The quantitative estimate of drug-likeness (QED) is 0.459. The summed E-state index contributed by atoms with van der Waals surface area (Å²) >= 11 is 0. The lowest BCUT2D eigenvalue weighted by atomic mass is 9.92. The summed E-state index contributed by atoms with van der Waals surface area (Å²) in [6.07, 6.45) is 5.65. The Labute approximate surface area is 194 Å². The van der Waals surface area contributed by atoms with Crippen LogP contribution in [0.3, 0.4) is 0 Å². The van der Waals surface area contributed by atoms with Gasteiger partial charge in [0.2, 0.25) is 0 Å². The molecule has 0 atom stereocenters. The minimum atomic E-state index is -3.77. The van der Waals surface area contributed by atoms with Crippen LogP contribution in [0.15, 0.2) is 84.0 Å². The van der Waals surface area contributed by atoms with Crippen molar-refractivity contribution < 1.29 is 8.42 Å². The summed E-state index contributed by atoms with van der Waals surface area (Å²) in [7, 11) is -2.00. The minimum absolute atomic E-state index is 0.0119. The molecule has 6 heteroatoms. The fourth-order valence-electron chi connectivity index (χ4n) is 4.29. The molecule has 1 heterocycles. The summed E-state index contributed by atoms with van der Waals surface area (Å²) in [6.45, 7) is 1.77. The Morgan fingerprint density at radius 3 is 2.15 bits per heavy atom. The number of hydrogen-bond donors (Lipinski definition) is 1. The van der Waals surface area contributed by atoms with Crippen LogP contribution in [0, 0.1) is 6.92 Å². The van der Waals surface area contributed by atoms with Gasteiger partial charge in [-0.15, -0.1) is 0 Å². The summed E-state index contributed by atoms with van der Waals surface area (Å²) in [5.74, 6) is 0.638. The molecule has 0 fully saturated rings. The van der Waals surface area contributed by atoms with E-state index in [0.717, 1.165) is 24.0 Å². The summed E-state index contributed by atoms with van der Waals surface area (Å²) in [4.78, 5) is 4.16. The van der Waals surface area contributed by atoms with E-state index >= 15 is 0 Å². The van der Waals surface area contributed by atoms with E-state index in [1.54, 1.807) is 24.6 Å². The van der Waals surface area contributed by atoms with Gasteiger partial charge in [0.15, 0.2) is 5.03 Å². The highest BCUT2D eigenvalue weighted by Gasteiger charge is 2.20. The minimum Gasteiger partial charge on any atom is -0.337 e. The van der Waals surface area contributed by atoms with Crippen LogP contribution in [0.2, 0.25) is 0 Å². The number of anilines is 1. The molecule has 0 aliphatic heterocycles. The maximum Gasteiger partial charge on any atom is 0.280 e. The molecule has 1 aliphatic carbocycles. The van der Waals surface area contributed by atoms with Gasteiger partial charge in [-0.2, -0.15) is 8.42 Å². The molecule has 3 aromatic carbocycles. The van der Waals surface area contributed by atoms with Gasteiger partial charge in [-0.3, -0.25) is 4.72 Å². The van der Waals surface area contributed by atoms with Crippen molar-refractivity contribution in [3.8, 4) is 0 Å². The molecule has 0 bridgehead atoms. The molecule has 0 saturated heterocycles. The number of benzene rings is 3. The van der Waals surface area contributed by atoms with Crippen LogP contribution in [-0.4, -0.2) is 18.0 Å². The Kier molecular flexibility index (Phi) is 5.38. The van der Waals surface area contributed by atoms with Gasteiger partial charge in [0.1, 0.15) is 5.82 Å². The first-order valence-electron chi connectivity index (χ1n) is 10.9. The zero-order valence-corrected chi connectivity index (χ0v) is 19.4. The van der Waals surface area contributed by atoms with E-state index < -0.39 is 10.0 Å². The largest absolute Gasteiger partial charge is 0.337 e. The Morgan fingerprint density at radius 1 is 0.909 bits per heavy atom. The first-order chi connectivity index (χ1) is 15.9. The molecule has 4 aromatic rings. The maximum atomic E-state index is 12.8.